The van der Waals surface area contributed by atoms with Crippen molar-refractivity contribution in [2.24, 2.45) is 5.92 Å². The quantitative estimate of drug-likeness (QED) is 0.615. The average molecular weight is 299 g/mol. The molecular weight excluding hydrogens is 282 g/mol. The van der Waals surface area contributed by atoms with Crippen LogP contribution in [0.25, 0.3) is 0 Å². The lowest BCUT2D eigenvalue weighted by Crippen LogP contribution is -2.32. The second-order valence-electron chi connectivity index (χ2n) is 4.84. The monoisotopic (exact) mass is 299 g/mol. The number of nitro groups is 1. The van der Waals surface area contributed by atoms with E-state index in [1.165, 1.54) is 12.1 Å². The fourth-order valence-corrected chi connectivity index (χ4v) is 3.40. The van der Waals surface area contributed by atoms with Gasteiger partial charge < -0.3 is 5.32 Å². The minimum Gasteiger partial charge on any atom is -0.387 e. The molecule has 0 aromatic heterocycles. The van der Waals surface area contributed by atoms with Crippen molar-refractivity contribution in [1.29, 1.82) is 0 Å². The van der Waals surface area contributed by atoms with E-state index in [1.54, 1.807) is 7.05 Å². The Hall–Kier alpha value is -1.67. The minimum atomic E-state index is -3.75. The molecule has 1 saturated carbocycles. The summed E-state index contributed by atoms with van der Waals surface area (Å²) in [6.07, 6.45) is 3.18. The Morgan fingerprint density at radius 2 is 2.10 bits per heavy atom. The molecule has 1 fully saturated rings. The minimum absolute atomic E-state index is 0.0893. The summed E-state index contributed by atoms with van der Waals surface area (Å²) >= 11 is 0. The van der Waals surface area contributed by atoms with Crippen molar-refractivity contribution in [3.05, 3.63) is 28.3 Å². The van der Waals surface area contributed by atoms with Crippen molar-refractivity contribution in [3.8, 4) is 0 Å². The lowest BCUT2D eigenvalue weighted by molar-refractivity contribution is -0.385. The van der Waals surface area contributed by atoms with Gasteiger partial charge in [0, 0.05) is 25.7 Å². The third-order valence-electron chi connectivity index (χ3n) is 3.52. The van der Waals surface area contributed by atoms with Crippen molar-refractivity contribution < 1.29 is 13.3 Å². The standard InChI is InChI=1S/C12H17N3O4S/c1-13-11-6-5-10(15(16)17)7-12(11)20(18,19)14-8-9-3-2-4-9/h5-7,9,13-14H,2-4,8H2,1H3. The first-order chi connectivity index (χ1) is 9.44. The van der Waals surface area contributed by atoms with Crippen LogP contribution in [0.1, 0.15) is 19.3 Å². The number of anilines is 1. The van der Waals surface area contributed by atoms with Gasteiger partial charge in [-0.15, -0.1) is 0 Å². The van der Waals surface area contributed by atoms with Gasteiger partial charge in [-0.25, -0.2) is 13.1 Å². The van der Waals surface area contributed by atoms with Crippen LogP contribution in [0.4, 0.5) is 11.4 Å². The highest BCUT2D eigenvalue weighted by molar-refractivity contribution is 7.89. The molecule has 1 aliphatic rings. The third-order valence-corrected chi connectivity index (χ3v) is 4.99. The molecule has 0 radical (unpaired) electrons. The van der Waals surface area contributed by atoms with E-state index in [1.807, 2.05) is 0 Å². The molecule has 2 rings (SSSR count). The highest BCUT2D eigenvalue weighted by atomic mass is 32.2. The van der Waals surface area contributed by atoms with Crippen LogP contribution in [0.5, 0.6) is 0 Å². The lowest BCUT2D eigenvalue weighted by atomic mass is 9.86. The number of nitrogens with zero attached hydrogens (tertiary/aromatic N) is 1. The van der Waals surface area contributed by atoms with Gasteiger partial charge >= 0.3 is 0 Å². The maximum atomic E-state index is 12.3. The number of hydrogen-bond acceptors (Lipinski definition) is 5. The summed E-state index contributed by atoms with van der Waals surface area (Å²) in [6.45, 7) is 0.383. The molecule has 1 aromatic rings. The van der Waals surface area contributed by atoms with Crippen LogP contribution in [0, 0.1) is 16.0 Å². The molecule has 0 unspecified atom stereocenters. The molecule has 7 nitrogen and oxygen atoms in total. The van der Waals surface area contributed by atoms with Gasteiger partial charge in [0.05, 0.1) is 10.6 Å². The summed E-state index contributed by atoms with van der Waals surface area (Å²) in [7, 11) is -2.17. The predicted octanol–water partition coefficient (Wildman–Crippen LogP) is 1.71. The Morgan fingerprint density at radius 1 is 1.40 bits per heavy atom. The SMILES string of the molecule is CNc1ccc([N+](=O)[O-])cc1S(=O)(=O)NCC1CCC1. The van der Waals surface area contributed by atoms with Crippen LogP contribution in [0.3, 0.4) is 0 Å². The van der Waals surface area contributed by atoms with Gasteiger partial charge in [-0.05, 0) is 24.8 Å². The van der Waals surface area contributed by atoms with Gasteiger partial charge in [-0.3, -0.25) is 10.1 Å². The van der Waals surface area contributed by atoms with E-state index >= 15 is 0 Å². The largest absolute Gasteiger partial charge is 0.387 e. The van der Waals surface area contributed by atoms with Crippen molar-refractivity contribution in [2.75, 3.05) is 18.9 Å². The smallest absolute Gasteiger partial charge is 0.270 e. The Balaban J connectivity index is 2.27. The summed E-state index contributed by atoms with van der Waals surface area (Å²) in [5.41, 5.74) is 0.102. The molecule has 1 aromatic carbocycles. The van der Waals surface area contributed by atoms with Crippen LogP contribution in [-0.2, 0) is 10.0 Å². The van der Waals surface area contributed by atoms with Crippen LogP contribution in [-0.4, -0.2) is 26.9 Å². The number of benzene rings is 1. The molecule has 1 aliphatic carbocycles. The zero-order chi connectivity index (χ0) is 14.8. The van der Waals surface area contributed by atoms with Gasteiger partial charge in [0.25, 0.3) is 5.69 Å². The second-order valence-corrected chi connectivity index (χ2v) is 6.57. The van der Waals surface area contributed by atoms with E-state index in [0.29, 0.717) is 18.2 Å². The third kappa shape index (κ3) is 3.07. The first-order valence-electron chi connectivity index (χ1n) is 6.40. The molecule has 0 heterocycles. The average Bonchev–Trinajstić information content (AvgIpc) is 2.35. The Morgan fingerprint density at radius 3 is 2.60 bits per heavy atom. The van der Waals surface area contributed by atoms with Crippen molar-refractivity contribution in [3.63, 3.8) is 0 Å². The van der Waals surface area contributed by atoms with E-state index in [-0.39, 0.29) is 10.6 Å². The van der Waals surface area contributed by atoms with Gasteiger partial charge in [-0.1, -0.05) is 6.42 Å². The Labute approximate surface area is 117 Å². The summed E-state index contributed by atoms with van der Waals surface area (Å²) in [4.78, 5) is 10.1. The number of rotatable bonds is 6. The molecule has 0 bridgehead atoms. The molecule has 110 valence electrons. The number of nitrogens with one attached hydrogen (secondary N) is 2. The fourth-order valence-electron chi connectivity index (χ4n) is 2.06. The van der Waals surface area contributed by atoms with Crippen LogP contribution in [0.15, 0.2) is 23.1 Å². The zero-order valence-electron chi connectivity index (χ0n) is 11.1. The molecule has 0 amide bonds. The van der Waals surface area contributed by atoms with E-state index in [0.717, 1.165) is 25.3 Å². The van der Waals surface area contributed by atoms with Gasteiger partial charge in [0.1, 0.15) is 4.90 Å². The molecule has 0 atom stereocenters. The number of non-ortho nitro benzene ring substituents is 1. The Bertz CT molecular complexity index is 611. The molecule has 2 N–H and O–H groups in total. The molecule has 0 saturated heterocycles. The molecule has 0 spiro atoms. The zero-order valence-corrected chi connectivity index (χ0v) is 11.9. The Kier molecular flexibility index (Phi) is 4.24. The molecule has 20 heavy (non-hydrogen) atoms. The van der Waals surface area contributed by atoms with Crippen molar-refractivity contribution in [2.45, 2.75) is 24.2 Å². The normalized spacial score (nSPS) is 15.7. The molecule has 0 aliphatic heterocycles. The van der Waals surface area contributed by atoms with Gasteiger partial charge in [0.2, 0.25) is 10.0 Å². The predicted molar refractivity (Wildman–Crippen MR) is 75.2 cm³/mol. The van der Waals surface area contributed by atoms with Gasteiger partial charge in [0.15, 0.2) is 0 Å². The maximum absolute atomic E-state index is 12.3. The van der Waals surface area contributed by atoms with Gasteiger partial charge in [-0.2, -0.15) is 0 Å². The van der Waals surface area contributed by atoms with E-state index in [4.69, 9.17) is 0 Å². The number of nitro benzene ring substituents is 1. The van der Waals surface area contributed by atoms with Crippen molar-refractivity contribution in [1.82, 2.24) is 4.72 Å². The second kappa shape index (κ2) is 5.76. The van der Waals surface area contributed by atoms with Crippen LogP contribution in [0.2, 0.25) is 0 Å². The first kappa shape index (κ1) is 14.7. The first-order valence-corrected chi connectivity index (χ1v) is 7.88. The number of hydrogen-bond donors (Lipinski definition) is 2. The topological polar surface area (TPSA) is 101 Å². The summed E-state index contributed by atoms with van der Waals surface area (Å²) in [5.74, 6) is 0.376. The van der Waals surface area contributed by atoms with E-state index in [9.17, 15) is 18.5 Å². The number of sulfonamides is 1. The molecular formula is C12H17N3O4S. The van der Waals surface area contributed by atoms with Crippen LogP contribution < -0.4 is 10.0 Å². The highest BCUT2D eigenvalue weighted by Gasteiger charge is 2.24. The fraction of sp³-hybridized carbons (Fsp3) is 0.500. The van der Waals surface area contributed by atoms with Crippen LogP contribution >= 0.6 is 0 Å². The highest BCUT2D eigenvalue weighted by Crippen LogP contribution is 2.28. The summed E-state index contributed by atoms with van der Waals surface area (Å²) in [5, 5.41) is 13.5. The molecule has 8 heteroatoms. The van der Waals surface area contributed by atoms with E-state index in [2.05, 4.69) is 10.0 Å². The summed E-state index contributed by atoms with van der Waals surface area (Å²) < 4.78 is 27.0. The maximum Gasteiger partial charge on any atom is 0.270 e. The van der Waals surface area contributed by atoms with Crippen molar-refractivity contribution >= 4 is 21.4 Å². The summed E-state index contributed by atoms with van der Waals surface area (Å²) in [6, 6.07) is 3.75. The van der Waals surface area contributed by atoms with E-state index < -0.39 is 14.9 Å². The lowest BCUT2D eigenvalue weighted by Gasteiger charge is -2.25.